The van der Waals surface area contributed by atoms with Gasteiger partial charge in [-0.05, 0) is 33.1 Å². The number of hydrogen-bond acceptors (Lipinski definition) is 2. The van der Waals surface area contributed by atoms with E-state index >= 15 is 0 Å². The van der Waals surface area contributed by atoms with E-state index in [0.717, 1.165) is 25.7 Å². The van der Waals surface area contributed by atoms with E-state index in [1.807, 2.05) is 0 Å². The maximum Gasteiger partial charge on any atom is 0.0507 e. The van der Waals surface area contributed by atoms with E-state index in [4.69, 9.17) is 4.74 Å². The van der Waals surface area contributed by atoms with Crippen LogP contribution in [0.15, 0.2) is 0 Å². The lowest BCUT2D eigenvalue weighted by atomic mass is 10.1. The highest BCUT2D eigenvalue weighted by Gasteiger charge is 2.17. The quantitative estimate of drug-likeness (QED) is 0.654. The van der Waals surface area contributed by atoms with Gasteiger partial charge in [0.15, 0.2) is 0 Å². The van der Waals surface area contributed by atoms with Crippen LogP contribution < -0.4 is 5.32 Å². The lowest BCUT2D eigenvalue weighted by Crippen LogP contribution is -2.39. The number of ether oxygens (including phenoxy) is 1. The molecule has 1 aliphatic heterocycles. The maximum absolute atomic E-state index is 5.28. The molecule has 0 spiro atoms. The van der Waals surface area contributed by atoms with Gasteiger partial charge < -0.3 is 10.1 Å². The summed E-state index contributed by atoms with van der Waals surface area (Å²) in [6.45, 7) is 9.59. The molecule has 2 heteroatoms. The molecule has 1 atom stereocenters. The molecule has 0 bridgehead atoms. The van der Waals surface area contributed by atoms with Crippen molar-refractivity contribution in [1.29, 1.82) is 0 Å². The van der Waals surface area contributed by atoms with Crippen LogP contribution in [0, 0.1) is 5.92 Å². The van der Waals surface area contributed by atoms with Crippen molar-refractivity contribution in [1.82, 2.24) is 5.32 Å². The lowest BCUT2D eigenvalue weighted by Gasteiger charge is -2.22. The number of nitrogens with one attached hydrogen (secondary N) is 1. The van der Waals surface area contributed by atoms with E-state index in [1.54, 1.807) is 0 Å². The van der Waals surface area contributed by atoms with E-state index in [1.165, 1.54) is 6.42 Å². The third-order valence-corrected chi connectivity index (χ3v) is 1.95. The van der Waals surface area contributed by atoms with Crippen LogP contribution in [0.5, 0.6) is 0 Å². The predicted octanol–water partition coefficient (Wildman–Crippen LogP) is 1.41. The second-order valence-corrected chi connectivity index (χ2v) is 4.36. The molecule has 0 radical (unpaired) electrons. The summed E-state index contributed by atoms with van der Waals surface area (Å²) in [5, 5.41) is 3.48. The van der Waals surface area contributed by atoms with Gasteiger partial charge in [0.1, 0.15) is 0 Å². The second-order valence-electron chi connectivity index (χ2n) is 4.36. The fourth-order valence-corrected chi connectivity index (χ4v) is 1.19. The van der Waals surface area contributed by atoms with Crippen molar-refractivity contribution in [2.75, 3.05) is 19.8 Å². The molecule has 1 fully saturated rings. The standard InChI is InChI=1S/C9H19NO/c1-9(2,3)10-6-8-4-5-11-7-8/h8,10H,4-7H2,1-3H3/t8-/m1/s1. The third-order valence-electron chi connectivity index (χ3n) is 1.95. The molecule has 0 unspecified atom stereocenters. The van der Waals surface area contributed by atoms with E-state index in [9.17, 15) is 0 Å². The van der Waals surface area contributed by atoms with Crippen LogP contribution in [-0.2, 0) is 4.74 Å². The van der Waals surface area contributed by atoms with Crippen LogP contribution in [0.25, 0.3) is 0 Å². The Morgan fingerprint density at radius 2 is 2.18 bits per heavy atom. The summed E-state index contributed by atoms with van der Waals surface area (Å²) in [6.07, 6.45) is 1.23. The molecular weight excluding hydrogens is 138 g/mol. The average molecular weight is 157 g/mol. The first-order chi connectivity index (χ1) is 5.08. The minimum Gasteiger partial charge on any atom is -0.381 e. The summed E-state index contributed by atoms with van der Waals surface area (Å²) in [7, 11) is 0. The Morgan fingerprint density at radius 3 is 2.64 bits per heavy atom. The Labute approximate surface area is 69.3 Å². The van der Waals surface area contributed by atoms with Gasteiger partial charge in [0.2, 0.25) is 0 Å². The molecule has 0 aromatic rings. The van der Waals surface area contributed by atoms with Crippen LogP contribution in [-0.4, -0.2) is 25.3 Å². The van der Waals surface area contributed by atoms with Crippen molar-refractivity contribution < 1.29 is 4.74 Å². The molecule has 11 heavy (non-hydrogen) atoms. The monoisotopic (exact) mass is 157 g/mol. The summed E-state index contributed by atoms with van der Waals surface area (Å²) in [6, 6.07) is 0. The highest BCUT2D eigenvalue weighted by Crippen LogP contribution is 2.12. The first kappa shape index (κ1) is 9.01. The fourth-order valence-electron chi connectivity index (χ4n) is 1.19. The summed E-state index contributed by atoms with van der Waals surface area (Å²) < 4.78 is 5.28. The molecule has 1 N–H and O–H groups in total. The maximum atomic E-state index is 5.28. The van der Waals surface area contributed by atoms with Crippen LogP contribution >= 0.6 is 0 Å². The van der Waals surface area contributed by atoms with Crippen LogP contribution in [0.4, 0.5) is 0 Å². The molecule has 0 aliphatic carbocycles. The van der Waals surface area contributed by atoms with Crippen molar-refractivity contribution in [3.8, 4) is 0 Å². The topological polar surface area (TPSA) is 21.3 Å². The van der Waals surface area contributed by atoms with E-state index in [2.05, 4.69) is 26.1 Å². The summed E-state index contributed by atoms with van der Waals surface area (Å²) in [5.74, 6) is 0.745. The zero-order valence-electron chi connectivity index (χ0n) is 7.81. The first-order valence-electron chi connectivity index (χ1n) is 4.41. The lowest BCUT2D eigenvalue weighted by molar-refractivity contribution is 0.183. The van der Waals surface area contributed by atoms with Crippen molar-refractivity contribution >= 4 is 0 Å². The Bertz CT molecular complexity index is 111. The van der Waals surface area contributed by atoms with Crippen LogP contribution in [0.3, 0.4) is 0 Å². The van der Waals surface area contributed by atoms with Gasteiger partial charge in [0.25, 0.3) is 0 Å². The van der Waals surface area contributed by atoms with Gasteiger partial charge in [-0.2, -0.15) is 0 Å². The van der Waals surface area contributed by atoms with Gasteiger partial charge in [-0.25, -0.2) is 0 Å². The van der Waals surface area contributed by atoms with E-state index in [-0.39, 0.29) is 5.54 Å². The van der Waals surface area contributed by atoms with Crippen molar-refractivity contribution in [3.05, 3.63) is 0 Å². The van der Waals surface area contributed by atoms with Gasteiger partial charge in [-0.15, -0.1) is 0 Å². The predicted molar refractivity (Wildman–Crippen MR) is 46.7 cm³/mol. The Balaban J connectivity index is 2.11. The van der Waals surface area contributed by atoms with Gasteiger partial charge in [0.05, 0.1) is 6.61 Å². The fraction of sp³-hybridized carbons (Fsp3) is 1.00. The summed E-state index contributed by atoms with van der Waals surface area (Å²) in [5.41, 5.74) is 0.253. The first-order valence-corrected chi connectivity index (χ1v) is 4.41. The summed E-state index contributed by atoms with van der Waals surface area (Å²) in [4.78, 5) is 0. The highest BCUT2D eigenvalue weighted by atomic mass is 16.5. The number of rotatable bonds is 2. The normalized spacial score (nSPS) is 25.9. The van der Waals surface area contributed by atoms with Gasteiger partial charge in [-0.1, -0.05) is 0 Å². The Hall–Kier alpha value is -0.0800. The molecule has 2 nitrogen and oxygen atoms in total. The smallest absolute Gasteiger partial charge is 0.0507 e. The largest absolute Gasteiger partial charge is 0.381 e. The summed E-state index contributed by atoms with van der Waals surface area (Å²) >= 11 is 0. The highest BCUT2D eigenvalue weighted by molar-refractivity contribution is 4.74. The molecule has 0 aromatic carbocycles. The van der Waals surface area contributed by atoms with E-state index < -0.39 is 0 Å². The zero-order valence-corrected chi connectivity index (χ0v) is 7.81. The molecule has 1 saturated heterocycles. The minimum atomic E-state index is 0.253. The molecule has 1 rings (SSSR count). The Kier molecular flexibility index (Phi) is 2.90. The zero-order chi connectivity index (χ0) is 8.32. The van der Waals surface area contributed by atoms with Crippen molar-refractivity contribution in [2.24, 2.45) is 5.92 Å². The van der Waals surface area contributed by atoms with E-state index in [0.29, 0.717) is 0 Å². The van der Waals surface area contributed by atoms with Crippen molar-refractivity contribution in [2.45, 2.75) is 32.7 Å². The van der Waals surface area contributed by atoms with Crippen molar-refractivity contribution in [3.63, 3.8) is 0 Å². The SMILES string of the molecule is CC(C)(C)NC[C@H]1CCOC1. The molecule has 0 amide bonds. The Morgan fingerprint density at radius 1 is 1.45 bits per heavy atom. The second kappa shape index (κ2) is 3.55. The van der Waals surface area contributed by atoms with Gasteiger partial charge in [-0.3, -0.25) is 0 Å². The molecule has 66 valence electrons. The molecular formula is C9H19NO. The molecule has 0 saturated carbocycles. The van der Waals surface area contributed by atoms with Gasteiger partial charge in [0, 0.05) is 18.7 Å². The number of hydrogen-bond donors (Lipinski definition) is 1. The van der Waals surface area contributed by atoms with Crippen LogP contribution in [0.2, 0.25) is 0 Å². The minimum absolute atomic E-state index is 0.253. The molecule has 1 aliphatic rings. The molecule has 0 aromatic heterocycles. The van der Waals surface area contributed by atoms with Gasteiger partial charge >= 0.3 is 0 Å². The average Bonchev–Trinajstić information content (AvgIpc) is 2.32. The molecule has 1 heterocycles. The van der Waals surface area contributed by atoms with Crippen LogP contribution in [0.1, 0.15) is 27.2 Å². The third kappa shape index (κ3) is 3.73.